The van der Waals surface area contributed by atoms with E-state index in [-0.39, 0.29) is 29.6 Å². The van der Waals surface area contributed by atoms with Gasteiger partial charge in [-0.05, 0) is 0 Å². The van der Waals surface area contributed by atoms with Crippen molar-refractivity contribution in [2.45, 2.75) is 62.0 Å². The van der Waals surface area contributed by atoms with E-state index in [1.54, 1.807) is 0 Å². The average Bonchev–Trinajstić information content (AvgIpc) is 2.54. The predicted molar refractivity (Wildman–Crippen MR) is 64.6 cm³/mol. The van der Waals surface area contributed by atoms with Crippen LogP contribution in [0.25, 0.3) is 0 Å². The Morgan fingerprint density at radius 1 is 0.556 bits per heavy atom. The summed E-state index contributed by atoms with van der Waals surface area (Å²) < 4.78 is 172. The second-order valence-corrected chi connectivity index (χ2v) is 6.58. The average molecular weight is 456 g/mol. The van der Waals surface area contributed by atoms with Crippen LogP contribution in [0.5, 0.6) is 0 Å². The number of alkyl halides is 11. The van der Waals surface area contributed by atoms with Gasteiger partial charge in [0.05, 0.1) is 15.9 Å². The summed E-state index contributed by atoms with van der Waals surface area (Å²) in [6, 6.07) is 0. The van der Waals surface area contributed by atoms with Crippen molar-refractivity contribution >= 4 is 10.1 Å². The van der Waals surface area contributed by atoms with Crippen LogP contribution < -0.4 is 29.6 Å². The molecule has 16 heteroatoms. The van der Waals surface area contributed by atoms with E-state index in [9.17, 15) is 61.3 Å². The molecule has 0 aliphatic rings. The number of rotatable bonds is 11. The van der Waals surface area contributed by atoms with Gasteiger partial charge in [0.15, 0.2) is 49.4 Å². The molecule has 27 heavy (non-hydrogen) atoms. The van der Waals surface area contributed by atoms with Gasteiger partial charge in [0.25, 0.3) is 6.43 Å². The van der Waals surface area contributed by atoms with E-state index in [0.717, 1.165) is 0 Å². The van der Waals surface area contributed by atoms with Crippen molar-refractivity contribution in [3.63, 3.8) is 0 Å². The maximum Gasteiger partial charge on any atom is 1.00 e. The monoisotopic (exact) mass is 456 g/mol. The van der Waals surface area contributed by atoms with Crippen LogP contribution in [0, 0.1) is 0 Å². The first-order valence-corrected chi connectivity index (χ1v) is 8.17. The summed E-state index contributed by atoms with van der Waals surface area (Å²) in [6.07, 6.45) is -39.6. The molecule has 0 aromatic rings. The molecule has 0 N–H and O–H groups in total. The van der Waals surface area contributed by atoms with E-state index in [0.29, 0.717) is 0 Å². The Morgan fingerprint density at radius 2 is 0.815 bits per heavy atom. The molecule has 0 radical (unpaired) electrons. The molecule has 0 saturated heterocycles. The summed E-state index contributed by atoms with van der Waals surface area (Å²) in [7, 11) is -5.45. The molecular weight excluding hydrogens is 444 g/mol. The third kappa shape index (κ3) is 9.00. The van der Waals surface area contributed by atoms with Gasteiger partial charge >= 0.3 is 29.6 Å². The zero-order valence-electron chi connectivity index (χ0n) is 13.3. The van der Waals surface area contributed by atoms with Crippen LogP contribution in [0.1, 0.15) is 0 Å². The standard InChI is InChI=1S/C11H13F11O3S.Na/c12-2(1-26(23,24)25)3(13)4(14)5(15)6(16)7(17)8(18)9(19)10(20)11(21)22;/h2-11H,1H2,(H,23,24,25);/q;+1/p-1. The molecule has 0 heterocycles. The molecule has 0 aliphatic heterocycles. The van der Waals surface area contributed by atoms with Gasteiger partial charge in [0, 0.05) is 0 Å². The van der Waals surface area contributed by atoms with E-state index in [4.69, 9.17) is 0 Å². The minimum absolute atomic E-state index is 0. The van der Waals surface area contributed by atoms with E-state index >= 15 is 0 Å². The smallest absolute Gasteiger partial charge is 0.748 e. The summed E-state index contributed by atoms with van der Waals surface area (Å²) in [6.45, 7) is 0. The molecule has 0 spiro atoms. The summed E-state index contributed by atoms with van der Waals surface area (Å²) >= 11 is 0. The maximum absolute atomic E-state index is 13.3. The second-order valence-electron chi connectivity index (χ2n) is 5.13. The van der Waals surface area contributed by atoms with Gasteiger partial charge in [-0.15, -0.1) is 0 Å². The van der Waals surface area contributed by atoms with Gasteiger partial charge in [0.2, 0.25) is 0 Å². The van der Waals surface area contributed by atoms with Crippen molar-refractivity contribution in [2.75, 3.05) is 5.75 Å². The minimum atomic E-state index is -5.45. The molecule has 158 valence electrons. The normalized spacial score (nSPS) is 22.7. The Kier molecular flexibility index (Phi) is 13.0. The first kappa shape index (κ1) is 29.3. The van der Waals surface area contributed by atoms with E-state index in [1.165, 1.54) is 0 Å². The van der Waals surface area contributed by atoms with Crippen molar-refractivity contribution in [3.8, 4) is 0 Å². The number of hydrogen-bond acceptors (Lipinski definition) is 3. The van der Waals surface area contributed by atoms with Crippen LogP contribution in [0.3, 0.4) is 0 Å². The summed E-state index contributed by atoms with van der Waals surface area (Å²) in [5.74, 6) is -2.19. The molecule has 3 nitrogen and oxygen atoms in total. The molecule has 0 aromatic heterocycles. The van der Waals surface area contributed by atoms with Crippen LogP contribution in [0.15, 0.2) is 0 Å². The van der Waals surface area contributed by atoms with Gasteiger partial charge in [-0.3, -0.25) is 0 Å². The fraction of sp³-hybridized carbons (Fsp3) is 1.00. The van der Waals surface area contributed by atoms with Gasteiger partial charge in [0.1, 0.15) is 6.17 Å². The first-order valence-electron chi connectivity index (χ1n) is 6.60. The third-order valence-electron chi connectivity index (χ3n) is 3.08. The van der Waals surface area contributed by atoms with Gasteiger partial charge in [-0.1, -0.05) is 0 Å². The molecular formula is C11H12F11NaO3S. The van der Waals surface area contributed by atoms with Gasteiger partial charge < -0.3 is 4.55 Å². The van der Waals surface area contributed by atoms with Crippen LogP contribution in [0.2, 0.25) is 0 Å². The summed E-state index contributed by atoms with van der Waals surface area (Å²) in [5, 5.41) is 0. The Balaban J connectivity index is 0. The van der Waals surface area contributed by atoms with Crippen LogP contribution in [-0.4, -0.2) is 80.7 Å². The topological polar surface area (TPSA) is 57.2 Å². The Morgan fingerprint density at radius 3 is 1.07 bits per heavy atom. The van der Waals surface area contributed by atoms with E-state index in [1.807, 2.05) is 0 Å². The van der Waals surface area contributed by atoms with Crippen LogP contribution in [-0.2, 0) is 10.1 Å². The van der Waals surface area contributed by atoms with Crippen molar-refractivity contribution in [3.05, 3.63) is 0 Å². The van der Waals surface area contributed by atoms with Gasteiger partial charge in [-0.25, -0.2) is 56.7 Å². The van der Waals surface area contributed by atoms with E-state index in [2.05, 4.69) is 0 Å². The Labute approximate surface area is 168 Å². The quantitative estimate of drug-likeness (QED) is 0.247. The first-order chi connectivity index (χ1) is 11.6. The largest absolute Gasteiger partial charge is 1.00 e. The molecule has 0 aromatic carbocycles. The van der Waals surface area contributed by atoms with Crippen molar-refractivity contribution < 1.29 is 90.8 Å². The summed E-state index contributed by atoms with van der Waals surface area (Å²) in [5.41, 5.74) is 0. The van der Waals surface area contributed by atoms with Crippen molar-refractivity contribution in [1.82, 2.24) is 0 Å². The summed E-state index contributed by atoms with van der Waals surface area (Å²) in [4.78, 5) is 0. The maximum atomic E-state index is 13.3. The van der Waals surface area contributed by atoms with Crippen molar-refractivity contribution in [1.29, 1.82) is 0 Å². The van der Waals surface area contributed by atoms with Crippen molar-refractivity contribution in [2.24, 2.45) is 0 Å². The molecule has 0 aliphatic carbocycles. The SMILES string of the molecule is O=S(=O)([O-])CC(F)C(F)C(F)C(F)C(F)C(F)C(F)C(F)C(F)C(F)F.[Na+]. The fourth-order valence-electron chi connectivity index (χ4n) is 1.68. The molecule has 0 rings (SSSR count). The molecule has 0 bridgehead atoms. The van der Waals surface area contributed by atoms with Crippen LogP contribution in [0.4, 0.5) is 48.3 Å². The Hall–Kier alpha value is 0.140. The third-order valence-corrected chi connectivity index (χ3v) is 3.81. The molecule has 9 unspecified atom stereocenters. The molecule has 9 atom stereocenters. The van der Waals surface area contributed by atoms with Gasteiger partial charge in [-0.2, -0.15) is 0 Å². The van der Waals surface area contributed by atoms with Crippen LogP contribution >= 0.6 is 0 Å². The predicted octanol–water partition coefficient (Wildman–Crippen LogP) is -0.156. The Bertz CT molecular complexity index is 528. The number of hydrogen-bond donors (Lipinski definition) is 0. The number of halogens is 11. The zero-order valence-corrected chi connectivity index (χ0v) is 16.1. The fourth-order valence-corrected chi connectivity index (χ4v) is 2.25. The zero-order chi connectivity index (χ0) is 21.0. The van der Waals surface area contributed by atoms with E-state index < -0.39 is 77.8 Å². The molecule has 0 saturated carbocycles. The second kappa shape index (κ2) is 12.0. The molecule has 0 amide bonds. The minimum Gasteiger partial charge on any atom is -0.748 e. The molecule has 0 fully saturated rings.